The minimum absolute atomic E-state index is 0.0608. The van der Waals surface area contributed by atoms with Crippen LogP contribution in [0.1, 0.15) is 0 Å². The predicted octanol–water partition coefficient (Wildman–Crippen LogP) is 0.215. The summed E-state index contributed by atoms with van der Waals surface area (Å²) < 4.78 is 27.4. The molecule has 0 heterocycles. The second-order valence-electron chi connectivity index (χ2n) is 3.12. The first-order valence-corrected chi connectivity index (χ1v) is 6.22. The lowest BCUT2D eigenvalue weighted by molar-refractivity contribution is 0.306. The van der Waals surface area contributed by atoms with Crippen molar-refractivity contribution in [2.45, 2.75) is 4.90 Å². The van der Waals surface area contributed by atoms with E-state index in [-0.39, 0.29) is 17.3 Å². The van der Waals surface area contributed by atoms with Gasteiger partial charge in [0.15, 0.2) is 15.7 Å². The topological polar surface area (TPSA) is 102 Å². The zero-order valence-corrected chi connectivity index (χ0v) is 9.44. The highest BCUT2D eigenvalue weighted by atomic mass is 32.2. The second kappa shape index (κ2) is 4.84. The number of benzene rings is 1. The Bertz CT molecular complexity index is 479. The molecule has 1 rings (SSSR count). The largest absolute Gasteiger partial charge is 0.486 e. The van der Waals surface area contributed by atoms with Crippen LogP contribution in [0, 0.1) is 0 Å². The number of sulfone groups is 1. The lowest BCUT2D eigenvalue weighted by atomic mass is 10.3. The molecule has 0 unspecified atom stereocenters. The summed E-state index contributed by atoms with van der Waals surface area (Å²) in [6.07, 6.45) is 1.12. The zero-order valence-electron chi connectivity index (χ0n) is 8.62. The zero-order chi connectivity index (χ0) is 12.2. The van der Waals surface area contributed by atoms with E-state index >= 15 is 0 Å². The van der Waals surface area contributed by atoms with Crippen molar-refractivity contribution in [3.05, 3.63) is 24.3 Å². The third-order valence-corrected chi connectivity index (χ3v) is 2.90. The van der Waals surface area contributed by atoms with E-state index in [4.69, 9.17) is 15.7 Å². The molecule has 1 aromatic rings. The minimum atomic E-state index is -3.20. The van der Waals surface area contributed by atoms with Crippen molar-refractivity contribution in [3.8, 4) is 5.75 Å². The van der Waals surface area contributed by atoms with Gasteiger partial charge < -0.3 is 15.7 Å². The Kier molecular flexibility index (Phi) is 3.73. The van der Waals surface area contributed by atoms with Gasteiger partial charge >= 0.3 is 0 Å². The van der Waals surface area contributed by atoms with Crippen LogP contribution < -0.4 is 10.5 Å². The highest BCUT2D eigenvalue weighted by Crippen LogP contribution is 2.15. The van der Waals surface area contributed by atoms with E-state index in [0.717, 1.165) is 6.26 Å². The SMILES string of the molecule is CS(=O)(=O)c1ccc(OCC(N)=NO)cc1. The molecule has 3 N–H and O–H groups in total. The first-order chi connectivity index (χ1) is 7.43. The van der Waals surface area contributed by atoms with Crippen molar-refractivity contribution in [1.29, 1.82) is 0 Å². The molecule has 0 fully saturated rings. The Labute approximate surface area is 93.2 Å². The van der Waals surface area contributed by atoms with Crippen LogP contribution in [0.25, 0.3) is 0 Å². The number of hydrogen-bond acceptors (Lipinski definition) is 5. The van der Waals surface area contributed by atoms with Gasteiger partial charge in [0, 0.05) is 6.26 Å². The summed E-state index contributed by atoms with van der Waals surface area (Å²) in [5.74, 6) is 0.381. The fraction of sp³-hybridized carbons (Fsp3) is 0.222. The third kappa shape index (κ3) is 3.43. The molecular formula is C9H12N2O4S. The summed E-state index contributed by atoms with van der Waals surface area (Å²) >= 11 is 0. The van der Waals surface area contributed by atoms with Crippen LogP contribution >= 0.6 is 0 Å². The molecule has 0 spiro atoms. The van der Waals surface area contributed by atoms with Crippen LogP contribution in [0.15, 0.2) is 34.3 Å². The monoisotopic (exact) mass is 244 g/mol. The van der Waals surface area contributed by atoms with Gasteiger partial charge in [-0.3, -0.25) is 0 Å². The van der Waals surface area contributed by atoms with Crippen molar-refractivity contribution >= 4 is 15.7 Å². The molecule has 0 amide bonds. The van der Waals surface area contributed by atoms with Gasteiger partial charge in [-0.2, -0.15) is 0 Å². The van der Waals surface area contributed by atoms with Crippen molar-refractivity contribution < 1.29 is 18.4 Å². The number of nitrogens with zero attached hydrogens (tertiary/aromatic N) is 1. The van der Waals surface area contributed by atoms with Crippen LogP contribution in [-0.4, -0.2) is 32.3 Å². The number of nitrogens with two attached hydrogens (primary N) is 1. The summed E-state index contributed by atoms with van der Waals surface area (Å²) in [6, 6.07) is 5.86. The molecule has 0 aliphatic rings. The molecule has 16 heavy (non-hydrogen) atoms. The van der Waals surface area contributed by atoms with Crippen LogP contribution in [-0.2, 0) is 9.84 Å². The Hall–Kier alpha value is -1.76. The van der Waals surface area contributed by atoms with Crippen LogP contribution in [0.4, 0.5) is 0 Å². The number of oxime groups is 1. The summed E-state index contributed by atoms with van der Waals surface area (Å²) in [5.41, 5.74) is 5.20. The van der Waals surface area contributed by atoms with Gasteiger partial charge in [-0.05, 0) is 24.3 Å². The lowest BCUT2D eigenvalue weighted by Crippen LogP contribution is -2.20. The molecule has 0 aromatic heterocycles. The van der Waals surface area contributed by atoms with E-state index in [1.165, 1.54) is 24.3 Å². The third-order valence-electron chi connectivity index (χ3n) is 1.77. The smallest absolute Gasteiger partial charge is 0.177 e. The molecule has 88 valence electrons. The van der Waals surface area contributed by atoms with Gasteiger partial charge in [0.05, 0.1) is 4.90 Å². The average Bonchev–Trinajstić information content (AvgIpc) is 2.25. The number of amidine groups is 1. The van der Waals surface area contributed by atoms with Crippen LogP contribution in [0.2, 0.25) is 0 Å². The summed E-state index contributed by atoms with van der Waals surface area (Å²) in [6.45, 7) is -0.0608. The summed E-state index contributed by atoms with van der Waals surface area (Å²) in [4.78, 5) is 0.212. The highest BCUT2D eigenvalue weighted by molar-refractivity contribution is 7.90. The Morgan fingerprint density at radius 3 is 2.44 bits per heavy atom. The quantitative estimate of drug-likeness (QED) is 0.341. The predicted molar refractivity (Wildman–Crippen MR) is 58.5 cm³/mol. The first kappa shape index (κ1) is 12.3. The van der Waals surface area contributed by atoms with Crippen molar-refractivity contribution in [2.75, 3.05) is 12.9 Å². The Balaban J connectivity index is 2.73. The van der Waals surface area contributed by atoms with Crippen molar-refractivity contribution in [2.24, 2.45) is 10.9 Å². The first-order valence-electron chi connectivity index (χ1n) is 4.33. The molecule has 0 radical (unpaired) electrons. The molecule has 0 bridgehead atoms. The van der Waals surface area contributed by atoms with Gasteiger partial charge in [0.25, 0.3) is 0 Å². The van der Waals surface area contributed by atoms with Gasteiger partial charge in [-0.25, -0.2) is 8.42 Å². The van der Waals surface area contributed by atoms with Crippen molar-refractivity contribution in [3.63, 3.8) is 0 Å². The average molecular weight is 244 g/mol. The Morgan fingerprint density at radius 1 is 1.44 bits per heavy atom. The Morgan fingerprint density at radius 2 is 2.00 bits per heavy atom. The lowest BCUT2D eigenvalue weighted by Gasteiger charge is -2.05. The molecule has 0 aliphatic carbocycles. The normalized spacial score (nSPS) is 12.4. The molecule has 0 saturated heterocycles. The molecule has 0 aliphatic heterocycles. The highest BCUT2D eigenvalue weighted by Gasteiger charge is 2.06. The maximum absolute atomic E-state index is 11.1. The molecule has 0 atom stereocenters. The maximum Gasteiger partial charge on any atom is 0.177 e. The molecular weight excluding hydrogens is 232 g/mol. The van der Waals surface area contributed by atoms with Crippen molar-refractivity contribution in [1.82, 2.24) is 0 Å². The maximum atomic E-state index is 11.1. The second-order valence-corrected chi connectivity index (χ2v) is 5.14. The standard InChI is InChI=1S/C9H12N2O4S/c1-16(13,14)8-4-2-7(3-5-8)15-6-9(10)11-12/h2-5,12H,6H2,1H3,(H2,10,11). The van der Waals surface area contributed by atoms with Gasteiger partial charge in [-0.1, -0.05) is 5.16 Å². The molecule has 7 heteroatoms. The number of ether oxygens (including phenoxy) is 1. The molecule has 1 aromatic carbocycles. The fourth-order valence-electron chi connectivity index (χ4n) is 0.969. The summed E-state index contributed by atoms with van der Waals surface area (Å²) in [5, 5.41) is 11.0. The molecule has 6 nitrogen and oxygen atoms in total. The number of rotatable bonds is 4. The molecule has 0 saturated carbocycles. The van der Waals surface area contributed by atoms with Gasteiger partial charge in [0.2, 0.25) is 0 Å². The van der Waals surface area contributed by atoms with Crippen LogP contribution in [0.3, 0.4) is 0 Å². The van der Waals surface area contributed by atoms with E-state index in [9.17, 15) is 8.42 Å². The fourth-order valence-corrected chi connectivity index (χ4v) is 1.60. The summed E-state index contributed by atoms with van der Waals surface area (Å²) in [7, 11) is -3.20. The minimum Gasteiger partial charge on any atom is -0.486 e. The van der Waals surface area contributed by atoms with Crippen LogP contribution in [0.5, 0.6) is 5.75 Å². The van der Waals surface area contributed by atoms with E-state index < -0.39 is 9.84 Å². The van der Waals surface area contributed by atoms with Gasteiger partial charge in [0.1, 0.15) is 12.4 Å². The van der Waals surface area contributed by atoms with E-state index in [0.29, 0.717) is 5.75 Å². The van der Waals surface area contributed by atoms with E-state index in [1.54, 1.807) is 0 Å². The van der Waals surface area contributed by atoms with Gasteiger partial charge in [-0.15, -0.1) is 0 Å². The van der Waals surface area contributed by atoms with E-state index in [2.05, 4.69) is 5.16 Å². The van der Waals surface area contributed by atoms with E-state index in [1.807, 2.05) is 0 Å². The number of hydrogen-bond donors (Lipinski definition) is 2.